The Bertz CT molecular complexity index is 453. The molecule has 2 rings (SSSR count). The molecule has 0 saturated heterocycles. The predicted octanol–water partition coefficient (Wildman–Crippen LogP) is 3.26. The van der Waals surface area contributed by atoms with Crippen LogP contribution in [0, 0.1) is 5.82 Å². The summed E-state index contributed by atoms with van der Waals surface area (Å²) in [6.07, 6.45) is 4.38. The highest BCUT2D eigenvalue weighted by Gasteiger charge is 2.03. The molecule has 3 heteroatoms. The van der Waals surface area contributed by atoms with Gasteiger partial charge in [0, 0.05) is 24.1 Å². The molecule has 0 spiro atoms. The van der Waals surface area contributed by atoms with Gasteiger partial charge in [0.05, 0.1) is 0 Å². The van der Waals surface area contributed by atoms with E-state index in [1.165, 1.54) is 12.1 Å². The zero-order valence-corrected chi connectivity index (χ0v) is 9.73. The maximum atomic E-state index is 12.7. The Kier molecular flexibility index (Phi) is 3.70. The van der Waals surface area contributed by atoms with Gasteiger partial charge in [0.1, 0.15) is 5.82 Å². The predicted molar refractivity (Wildman–Crippen MR) is 67.4 cm³/mol. The topological polar surface area (TPSA) is 24.9 Å². The van der Waals surface area contributed by atoms with Crippen molar-refractivity contribution in [1.29, 1.82) is 0 Å². The van der Waals surface area contributed by atoms with E-state index >= 15 is 0 Å². The lowest BCUT2D eigenvalue weighted by molar-refractivity contribution is 0.626. The van der Waals surface area contributed by atoms with E-state index in [0.29, 0.717) is 6.04 Å². The molecule has 1 unspecified atom stereocenters. The molecular weight excluding hydrogens is 215 g/mol. The minimum Gasteiger partial charge on any atom is -0.382 e. The van der Waals surface area contributed by atoms with Gasteiger partial charge in [-0.2, -0.15) is 0 Å². The third-order valence-corrected chi connectivity index (χ3v) is 2.55. The molecule has 1 aromatic carbocycles. The molecule has 0 saturated carbocycles. The number of hydrogen-bond donors (Lipinski definition) is 1. The van der Waals surface area contributed by atoms with E-state index < -0.39 is 0 Å². The van der Waals surface area contributed by atoms with E-state index in [-0.39, 0.29) is 5.82 Å². The molecule has 1 heterocycles. The minimum absolute atomic E-state index is 0.191. The van der Waals surface area contributed by atoms with Crippen LogP contribution in [0.4, 0.5) is 10.1 Å². The van der Waals surface area contributed by atoms with Gasteiger partial charge in [-0.1, -0.05) is 12.1 Å². The van der Waals surface area contributed by atoms with Gasteiger partial charge in [-0.05, 0) is 43.2 Å². The molecule has 0 radical (unpaired) electrons. The van der Waals surface area contributed by atoms with Gasteiger partial charge in [0.25, 0.3) is 0 Å². The van der Waals surface area contributed by atoms with Crippen molar-refractivity contribution in [3.8, 4) is 0 Å². The standard InChI is InChI=1S/C14H15FN2/c1-11(17-14-6-8-16-9-7-14)10-12-2-4-13(15)5-3-12/h2-9,11H,10H2,1H3,(H,16,17). The highest BCUT2D eigenvalue weighted by Crippen LogP contribution is 2.10. The lowest BCUT2D eigenvalue weighted by Crippen LogP contribution is -2.17. The zero-order chi connectivity index (χ0) is 12.1. The van der Waals surface area contributed by atoms with Gasteiger partial charge in [-0.15, -0.1) is 0 Å². The summed E-state index contributed by atoms with van der Waals surface area (Å²) in [5.41, 5.74) is 2.18. The Labute approximate surface area is 101 Å². The molecule has 17 heavy (non-hydrogen) atoms. The second kappa shape index (κ2) is 5.43. The van der Waals surface area contributed by atoms with Crippen molar-refractivity contribution >= 4 is 5.69 Å². The van der Waals surface area contributed by atoms with Crippen molar-refractivity contribution in [2.75, 3.05) is 5.32 Å². The number of aromatic nitrogens is 1. The van der Waals surface area contributed by atoms with E-state index in [1.807, 2.05) is 24.3 Å². The van der Waals surface area contributed by atoms with Crippen LogP contribution < -0.4 is 5.32 Å². The summed E-state index contributed by atoms with van der Waals surface area (Å²) in [5, 5.41) is 3.37. The molecule has 0 aliphatic rings. The van der Waals surface area contributed by atoms with Crippen LogP contribution in [0.5, 0.6) is 0 Å². The summed E-state index contributed by atoms with van der Waals surface area (Å²) in [5.74, 6) is -0.191. The summed E-state index contributed by atoms with van der Waals surface area (Å²) in [7, 11) is 0. The Morgan fingerprint density at radius 1 is 1.12 bits per heavy atom. The van der Waals surface area contributed by atoms with Crippen molar-refractivity contribution in [3.05, 3.63) is 60.2 Å². The smallest absolute Gasteiger partial charge is 0.123 e. The van der Waals surface area contributed by atoms with E-state index in [0.717, 1.165) is 17.7 Å². The van der Waals surface area contributed by atoms with E-state index in [2.05, 4.69) is 17.2 Å². The number of rotatable bonds is 4. The summed E-state index contributed by atoms with van der Waals surface area (Å²) in [6, 6.07) is 10.8. The Balaban J connectivity index is 1.93. The fraction of sp³-hybridized carbons (Fsp3) is 0.214. The first-order valence-electron chi connectivity index (χ1n) is 5.65. The van der Waals surface area contributed by atoms with Crippen LogP contribution in [0.2, 0.25) is 0 Å². The zero-order valence-electron chi connectivity index (χ0n) is 9.73. The average Bonchev–Trinajstić information content (AvgIpc) is 2.33. The molecule has 0 bridgehead atoms. The Hall–Kier alpha value is -1.90. The van der Waals surface area contributed by atoms with Crippen molar-refractivity contribution in [1.82, 2.24) is 4.98 Å². The lowest BCUT2D eigenvalue weighted by Gasteiger charge is -2.15. The Morgan fingerprint density at radius 2 is 1.76 bits per heavy atom. The SMILES string of the molecule is CC(Cc1ccc(F)cc1)Nc1ccncc1. The average molecular weight is 230 g/mol. The summed E-state index contributed by atoms with van der Waals surface area (Å²) in [4.78, 5) is 3.96. The molecule has 1 atom stereocenters. The number of nitrogens with one attached hydrogen (secondary N) is 1. The number of hydrogen-bond acceptors (Lipinski definition) is 2. The number of nitrogens with zero attached hydrogens (tertiary/aromatic N) is 1. The van der Waals surface area contributed by atoms with Crippen LogP contribution in [0.3, 0.4) is 0 Å². The first-order valence-corrected chi connectivity index (χ1v) is 5.65. The number of anilines is 1. The van der Waals surface area contributed by atoms with Gasteiger partial charge < -0.3 is 5.32 Å². The highest BCUT2D eigenvalue weighted by molar-refractivity contribution is 5.42. The van der Waals surface area contributed by atoms with Crippen molar-refractivity contribution in [2.24, 2.45) is 0 Å². The molecule has 2 nitrogen and oxygen atoms in total. The molecule has 88 valence electrons. The van der Waals surface area contributed by atoms with Gasteiger partial charge >= 0.3 is 0 Å². The van der Waals surface area contributed by atoms with E-state index in [9.17, 15) is 4.39 Å². The van der Waals surface area contributed by atoms with Gasteiger partial charge in [0.2, 0.25) is 0 Å². The second-order valence-corrected chi connectivity index (χ2v) is 4.11. The van der Waals surface area contributed by atoms with Crippen LogP contribution >= 0.6 is 0 Å². The summed E-state index contributed by atoms with van der Waals surface area (Å²) >= 11 is 0. The molecule has 0 fully saturated rings. The monoisotopic (exact) mass is 230 g/mol. The fourth-order valence-corrected chi connectivity index (χ4v) is 1.76. The van der Waals surface area contributed by atoms with Gasteiger partial charge in [0.15, 0.2) is 0 Å². The first-order chi connectivity index (χ1) is 8.24. The highest BCUT2D eigenvalue weighted by atomic mass is 19.1. The van der Waals surface area contributed by atoms with Crippen LogP contribution in [-0.2, 0) is 6.42 Å². The quantitative estimate of drug-likeness (QED) is 0.872. The van der Waals surface area contributed by atoms with Crippen molar-refractivity contribution < 1.29 is 4.39 Å². The molecule has 0 aliphatic carbocycles. The van der Waals surface area contributed by atoms with Crippen molar-refractivity contribution in [3.63, 3.8) is 0 Å². The van der Waals surface area contributed by atoms with E-state index in [1.54, 1.807) is 12.4 Å². The molecule has 2 aromatic rings. The maximum Gasteiger partial charge on any atom is 0.123 e. The number of halogens is 1. The first kappa shape index (κ1) is 11.6. The fourth-order valence-electron chi connectivity index (χ4n) is 1.76. The Morgan fingerprint density at radius 3 is 2.41 bits per heavy atom. The van der Waals surface area contributed by atoms with Crippen LogP contribution in [0.25, 0.3) is 0 Å². The van der Waals surface area contributed by atoms with Crippen molar-refractivity contribution in [2.45, 2.75) is 19.4 Å². The normalized spacial score (nSPS) is 12.1. The van der Waals surface area contributed by atoms with Gasteiger partial charge in [-0.25, -0.2) is 4.39 Å². The van der Waals surface area contributed by atoms with E-state index in [4.69, 9.17) is 0 Å². The van der Waals surface area contributed by atoms with Crippen LogP contribution in [0.15, 0.2) is 48.8 Å². The lowest BCUT2D eigenvalue weighted by atomic mass is 10.1. The summed E-state index contributed by atoms with van der Waals surface area (Å²) in [6.45, 7) is 2.10. The maximum absolute atomic E-state index is 12.7. The van der Waals surface area contributed by atoms with Crippen LogP contribution in [0.1, 0.15) is 12.5 Å². The largest absolute Gasteiger partial charge is 0.382 e. The second-order valence-electron chi connectivity index (χ2n) is 4.11. The third kappa shape index (κ3) is 3.55. The number of benzene rings is 1. The number of pyridine rings is 1. The third-order valence-electron chi connectivity index (χ3n) is 2.55. The summed E-state index contributed by atoms with van der Waals surface area (Å²) < 4.78 is 12.7. The molecule has 1 N–H and O–H groups in total. The molecular formula is C14H15FN2. The van der Waals surface area contributed by atoms with Gasteiger partial charge in [-0.3, -0.25) is 4.98 Å². The minimum atomic E-state index is -0.191. The molecule has 1 aromatic heterocycles. The molecule has 0 amide bonds. The molecule has 0 aliphatic heterocycles. The van der Waals surface area contributed by atoms with Crippen LogP contribution in [-0.4, -0.2) is 11.0 Å².